The summed E-state index contributed by atoms with van der Waals surface area (Å²) in [6, 6.07) is 14.9. The molecule has 0 bridgehead atoms. The standard InChI is InChI=1S/C22H15Cl2N3O3/c1-27-18-10-19(26-14-5-2-4-12(8-14)22(29)30)25-11-13(18)9-15(21(27)28)20-16(23)6-3-7-17(20)24/h2-11H,1H3,(H,25,26)(H,29,30). The molecule has 150 valence electrons. The van der Waals surface area contributed by atoms with E-state index in [-0.39, 0.29) is 11.1 Å². The number of nitrogens with one attached hydrogen (secondary N) is 1. The smallest absolute Gasteiger partial charge is 0.335 e. The van der Waals surface area contributed by atoms with Crippen molar-refractivity contribution in [3.8, 4) is 11.1 Å². The van der Waals surface area contributed by atoms with Gasteiger partial charge in [0.05, 0.1) is 26.7 Å². The molecule has 0 atom stereocenters. The predicted octanol–water partition coefficient (Wildman–Crippen LogP) is 5.35. The second-order valence-electron chi connectivity index (χ2n) is 6.66. The van der Waals surface area contributed by atoms with Crippen LogP contribution in [0.4, 0.5) is 11.5 Å². The fraction of sp³-hybridized carbons (Fsp3) is 0.0455. The Bertz CT molecular complexity index is 1350. The average Bonchev–Trinajstić information content (AvgIpc) is 2.72. The normalized spacial score (nSPS) is 10.9. The lowest BCUT2D eigenvalue weighted by Crippen LogP contribution is -2.19. The lowest BCUT2D eigenvalue weighted by atomic mass is 10.1. The fourth-order valence-corrected chi connectivity index (χ4v) is 3.85. The van der Waals surface area contributed by atoms with E-state index in [0.29, 0.717) is 38.2 Å². The van der Waals surface area contributed by atoms with E-state index in [9.17, 15) is 9.59 Å². The molecule has 0 spiro atoms. The molecule has 30 heavy (non-hydrogen) atoms. The average molecular weight is 440 g/mol. The Kier molecular flexibility index (Phi) is 5.20. The minimum atomic E-state index is -1.02. The zero-order valence-electron chi connectivity index (χ0n) is 15.7. The van der Waals surface area contributed by atoms with Crippen LogP contribution in [0.25, 0.3) is 22.0 Å². The van der Waals surface area contributed by atoms with Crippen LogP contribution in [0.5, 0.6) is 0 Å². The van der Waals surface area contributed by atoms with E-state index in [1.807, 2.05) is 0 Å². The third kappa shape index (κ3) is 3.63. The summed E-state index contributed by atoms with van der Waals surface area (Å²) < 4.78 is 1.50. The van der Waals surface area contributed by atoms with Gasteiger partial charge in [-0.2, -0.15) is 0 Å². The highest BCUT2D eigenvalue weighted by molar-refractivity contribution is 6.39. The first-order chi connectivity index (χ1) is 14.3. The molecule has 0 aliphatic rings. The van der Waals surface area contributed by atoms with E-state index < -0.39 is 5.97 Å². The van der Waals surface area contributed by atoms with Crippen molar-refractivity contribution in [3.05, 3.63) is 86.8 Å². The Morgan fingerprint density at radius 3 is 2.47 bits per heavy atom. The summed E-state index contributed by atoms with van der Waals surface area (Å²) in [7, 11) is 1.66. The lowest BCUT2D eigenvalue weighted by molar-refractivity contribution is 0.0697. The Hall–Kier alpha value is -3.35. The number of aromatic nitrogens is 2. The Morgan fingerprint density at radius 2 is 1.77 bits per heavy atom. The molecule has 2 aromatic heterocycles. The van der Waals surface area contributed by atoms with Gasteiger partial charge >= 0.3 is 5.97 Å². The van der Waals surface area contributed by atoms with E-state index >= 15 is 0 Å². The number of aromatic carboxylic acids is 1. The molecule has 2 N–H and O–H groups in total. The summed E-state index contributed by atoms with van der Waals surface area (Å²) >= 11 is 12.6. The van der Waals surface area contributed by atoms with E-state index in [0.717, 1.165) is 5.39 Å². The largest absolute Gasteiger partial charge is 0.478 e. The van der Waals surface area contributed by atoms with E-state index in [1.54, 1.807) is 55.7 Å². The molecule has 4 rings (SSSR count). The number of carboxylic acids is 1. The number of pyridine rings is 2. The minimum absolute atomic E-state index is 0.162. The summed E-state index contributed by atoms with van der Waals surface area (Å²) in [6.45, 7) is 0. The molecule has 0 radical (unpaired) electrons. The number of nitrogens with zero attached hydrogens (tertiary/aromatic N) is 2. The van der Waals surface area contributed by atoms with Crippen molar-refractivity contribution in [2.45, 2.75) is 0 Å². The predicted molar refractivity (Wildman–Crippen MR) is 119 cm³/mol. The summed E-state index contributed by atoms with van der Waals surface area (Å²) in [6.07, 6.45) is 1.63. The van der Waals surface area contributed by atoms with Crippen LogP contribution < -0.4 is 10.9 Å². The highest BCUT2D eigenvalue weighted by atomic mass is 35.5. The van der Waals surface area contributed by atoms with Crippen molar-refractivity contribution >= 4 is 51.6 Å². The SMILES string of the molecule is Cn1c(=O)c(-c2c(Cl)cccc2Cl)cc2cnc(Nc3cccc(C(=O)O)c3)cc21. The fourth-order valence-electron chi connectivity index (χ4n) is 3.24. The first-order valence-corrected chi connectivity index (χ1v) is 9.65. The Balaban J connectivity index is 1.80. The van der Waals surface area contributed by atoms with E-state index in [4.69, 9.17) is 28.3 Å². The van der Waals surface area contributed by atoms with E-state index in [2.05, 4.69) is 10.3 Å². The number of anilines is 2. The number of carbonyl (C=O) groups is 1. The maximum Gasteiger partial charge on any atom is 0.335 e. The molecule has 0 saturated carbocycles. The first-order valence-electron chi connectivity index (χ1n) is 8.89. The lowest BCUT2D eigenvalue weighted by Gasteiger charge is -2.13. The number of halogens is 2. The number of aryl methyl sites for hydroxylation is 1. The molecular formula is C22H15Cl2N3O3. The van der Waals surface area contributed by atoms with Gasteiger partial charge in [-0.1, -0.05) is 35.3 Å². The Morgan fingerprint density at radius 1 is 1.07 bits per heavy atom. The maximum absolute atomic E-state index is 13.0. The zero-order chi connectivity index (χ0) is 21.4. The van der Waals surface area contributed by atoms with Crippen molar-refractivity contribution in [2.24, 2.45) is 7.05 Å². The monoisotopic (exact) mass is 439 g/mol. The van der Waals surface area contributed by atoms with Crippen LogP contribution in [0.15, 0.2) is 65.6 Å². The first kappa shape index (κ1) is 19.9. The highest BCUT2D eigenvalue weighted by Gasteiger charge is 2.15. The van der Waals surface area contributed by atoms with Crippen molar-refractivity contribution in [2.75, 3.05) is 5.32 Å². The number of carboxylic acid groups (broad SMARTS) is 1. The van der Waals surface area contributed by atoms with Crippen LogP contribution in [-0.4, -0.2) is 20.6 Å². The van der Waals surface area contributed by atoms with Crippen molar-refractivity contribution in [1.29, 1.82) is 0 Å². The zero-order valence-corrected chi connectivity index (χ0v) is 17.2. The molecule has 0 fully saturated rings. The quantitative estimate of drug-likeness (QED) is 0.447. The molecule has 4 aromatic rings. The van der Waals surface area contributed by atoms with Gasteiger partial charge in [0.25, 0.3) is 5.56 Å². The molecule has 8 heteroatoms. The maximum atomic E-state index is 13.0. The molecule has 0 saturated heterocycles. The molecule has 2 aromatic carbocycles. The number of hydrogen-bond donors (Lipinski definition) is 2. The molecular weight excluding hydrogens is 425 g/mol. The van der Waals surface area contributed by atoms with Crippen LogP contribution in [-0.2, 0) is 7.05 Å². The summed E-state index contributed by atoms with van der Waals surface area (Å²) in [5.74, 6) is -0.540. The molecule has 0 aliphatic heterocycles. The summed E-state index contributed by atoms with van der Waals surface area (Å²) in [4.78, 5) is 28.6. The number of fused-ring (bicyclic) bond motifs is 1. The van der Waals surface area contributed by atoms with Gasteiger partial charge in [0.2, 0.25) is 0 Å². The van der Waals surface area contributed by atoms with Gasteiger partial charge in [-0.15, -0.1) is 0 Å². The van der Waals surface area contributed by atoms with Crippen LogP contribution >= 0.6 is 23.2 Å². The molecule has 2 heterocycles. The second kappa shape index (κ2) is 7.82. The van der Waals surface area contributed by atoms with Crippen molar-refractivity contribution < 1.29 is 9.90 Å². The van der Waals surface area contributed by atoms with Gasteiger partial charge in [-0.05, 0) is 36.4 Å². The molecule has 6 nitrogen and oxygen atoms in total. The van der Waals surface area contributed by atoms with Gasteiger partial charge in [0.1, 0.15) is 5.82 Å². The second-order valence-corrected chi connectivity index (χ2v) is 7.47. The molecule has 0 aliphatic carbocycles. The molecule has 0 amide bonds. The van der Waals surface area contributed by atoms with Gasteiger partial charge < -0.3 is 15.0 Å². The molecule has 0 unspecified atom stereocenters. The van der Waals surface area contributed by atoms with Gasteiger partial charge in [0.15, 0.2) is 0 Å². The van der Waals surface area contributed by atoms with Crippen molar-refractivity contribution in [3.63, 3.8) is 0 Å². The summed E-state index contributed by atoms with van der Waals surface area (Å²) in [5.41, 5.74) is 2.01. The van der Waals surface area contributed by atoms with Crippen molar-refractivity contribution in [1.82, 2.24) is 9.55 Å². The topological polar surface area (TPSA) is 84.2 Å². The summed E-state index contributed by atoms with van der Waals surface area (Å²) in [5, 5.41) is 13.7. The van der Waals surface area contributed by atoms with Gasteiger partial charge in [0, 0.05) is 35.9 Å². The Labute approximate surface area is 181 Å². The van der Waals surface area contributed by atoms with E-state index in [1.165, 1.54) is 16.7 Å². The number of rotatable bonds is 4. The van der Waals surface area contributed by atoms with Crippen LogP contribution in [0.1, 0.15) is 10.4 Å². The number of hydrogen-bond acceptors (Lipinski definition) is 4. The van der Waals surface area contributed by atoms with Crippen LogP contribution in [0, 0.1) is 0 Å². The third-order valence-corrected chi connectivity index (χ3v) is 5.35. The minimum Gasteiger partial charge on any atom is -0.478 e. The number of benzene rings is 2. The van der Waals surface area contributed by atoms with Crippen LogP contribution in [0.2, 0.25) is 10.0 Å². The van der Waals surface area contributed by atoms with Gasteiger partial charge in [-0.25, -0.2) is 9.78 Å². The van der Waals surface area contributed by atoms with Crippen LogP contribution in [0.3, 0.4) is 0 Å². The highest BCUT2D eigenvalue weighted by Crippen LogP contribution is 2.34. The third-order valence-electron chi connectivity index (χ3n) is 4.72. The van der Waals surface area contributed by atoms with Gasteiger partial charge in [-0.3, -0.25) is 4.79 Å².